The fraction of sp³-hybridized carbons (Fsp3) is 0.381. The Morgan fingerprint density at radius 1 is 1.00 bits per heavy atom. The van der Waals surface area contributed by atoms with Gasteiger partial charge in [0.05, 0.1) is 10.0 Å². The lowest BCUT2D eigenvalue weighted by Gasteiger charge is -2.32. The van der Waals surface area contributed by atoms with E-state index in [1.54, 1.807) is 6.07 Å². The molecule has 1 fully saturated rings. The molecule has 1 aliphatic rings. The molecule has 1 heterocycles. The quantitative estimate of drug-likeness (QED) is 0.542. The normalized spacial score (nSPS) is 15.0. The van der Waals surface area contributed by atoms with Crippen molar-refractivity contribution in [3.8, 4) is 11.5 Å². The topological polar surface area (TPSA) is 62.8 Å². The van der Waals surface area contributed by atoms with E-state index in [9.17, 15) is 13.6 Å². The molecule has 2 aromatic carbocycles. The minimum Gasteiger partial charge on any atom is -0.492 e. The highest BCUT2D eigenvalue weighted by Gasteiger charge is 2.20. The van der Waals surface area contributed by atoms with Gasteiger partial charge in [-0.25, -0.2) is 13.8 Å². The predicted molar refractivity (Wildman–Crippen MR) is 115 cm³/mol. The molecule has 0 saturated carbocycles. The number of ether oxygens (including phenoxy) is 2. The number of amides is 1. The lowest BCUT2D eigenvalue weighted by Crippen LogP contribution is -2.51. The standard InChI is InChI=1S/C21H23Cl2F2N3O3/c22-17-3-1-15(11-19(17)24)30-10-7-26-14-5-8-28(9-6-14)27-21(29)13-31-16-2-4-18(23)20(25)12-16/h1-4,11-12,14,26H,5-10,13H2,(H,27,29). The SMILES string of the molecule is O=C(COc1ccc(Cl)c(F)c1)NN1CCC(NCCOc2ccc(Cl)c(F)c2)CC1. The van der Waals surface area contributed by atoms with Crippen LogP contribution in [0.1, 0.15) is 12.8 Å². The molecule has 1 amide bonds. The highest BCUT2D eigenvalue weighted by molar-refractivity contribution is 6.31. The monoisotopic (exact) mass is 473 g/mol. The van der Waals surface area contributed by atoms with Crippen molar-refractivity contribution in [2.45, 2.75) is 18.9 Å². The Morgan fingerprint density at radius 3 is 2.16 bits per heavy atom. The zero-order chi connectivity index (χ0) is 22.2. The molecule has 2 N–H and O–H groups in total. The molecule has 6 nitrogen and oxygen atoms in total. The van der Waals surface area contributed by atoms with Crippen LogP contribution in [0.15, 0.2) is 36.4 Å². The largest absolute Gasteiger partial charge is 0.492 e. The minimum absolute atomic E-state index is 0.00118. The van der Waals surface area contributed by atoms with Gasteiger partial charge < -0.3 is 14.8 Å². The van der Waals surface area contributed by atoms with Crippen LogP contribution in [-0.4, -0.2) is 49.8 Å². The average Bonchev–Trinajstić information content (AvgIpc) is 2.75. The molecule has 1 saturated heterocycles. The second-order valence-corrected chi connectivity index (χ2v) is 7.85. The molecule has 0 aliphatic carbocycles. The summed E-state index contributed by atoms with van der Waals surface area (Å²) in [6.07, 6.45) is 1.69. The Kier molecular flexibility index (Phi) is 8.71. The number of nitrogens with zero attached hydrogens (tertiary/aromatic N) is 1. The number of halogens is 4. The molecule has 168 valence electrons. The third-order valence-corrected chi connectivity index (χ3v) is 5.35. The van der Waals surface area contributed by atoms with Crippen molar-refractivity contribution in [3.05, 3.63) is 58.1 Å². The Balaban J connectivity index is 1.28. The number of benzene rings is 2. The summed E-state index contributed by atoms with van der Waals surface area (Å²) in [5, 5.41) is 5.29. The number of carbonyl (C=O) groups is 1. The van der Waals surface area contributed by atoms with Crippen LogP contribution in [0.2, 0.25) is 10.0 Å². The van der Waals surface area contributed by atoms with Crippen LogP contribution < -0.4 is 20.2 Å². The van der Waals surface area contributed by atoms with Crippen molar-refractivity contribution in [2.75, 3.05) is 32.8 Å². The van der Waals surface area contributed by atoms with E-state index < -0.39 is 11.6 Å². The Hall–Kier alpha value is -2.13. The summed E-state index contributed by atoms with van der Waals surface area (Å²) in [4.78, 5) is 12.0. The van der Waals surface area contributed by atoms with Crippen LogP contribution in [0.5, 0.6) is 11.5 Å². The molecular formula is C21H23Cl2F2N3O3. The van der Waals surface area contributed by atoms with E-state index in [2.05, 4.69) is 10.7 Å². The van der Waals surface area contributed by atoms with E-state index in [-0.39, 0.29) is 28.3 Å². The fourth-order valence-corrected chi connectivity index (χ4v) is 3.35. The molecular weight excluding hydrogens is 451 g/mol. The zero-order valence-corrected chi connectivity index (χ0v) is 18.2. The smallest absolute Gasteiger partial charge is 0.272 e. The molecule has 0 aromatic heterocycles. The van der Waals surface area contributed by atoms with Gasteiger partial charge in [0.25, 0.3) is 5.91 Å². The van der Waals surface area contributed by atoms with Gasteiger partial charge in [-0.15, -0.1) is 0 Å². The number of hydrogen-bond donors (Lipinski definition) is 2. The van der Waals surface area contributed by atoms with Crippen LogP contribution in [0.25, 0.3) is 0 Å². The zero-order valence-electron chi connectivity index (χ0n) is 16.7. The van der Waals surface area contributed by atoms with Gasteiger partial charge in [-0.3, -0.25) is 10.2 Å². The number of nitrogens with one attached hydrogen (secondary N) is 2. The summed E-state index contributed by atoms with van der Waals surface area (Å²) in [6.45, 7) is 2.17. The van der Waals surface area contributed by atoms with E-state index in [0.717, 1.165) is 18.9 Å². The summed E-state index contributed by atoms with van der Waals surface area (Å²) in [6, 6.07) is 8.66. The molecule has 0 radical (unpaired) electrons. The van der Waals surface area contributed by atoms with E-state index in [1.165, 1.54) is 24.3 Å². The second-order valence-electron chi connectivity index (χ2n) is 7.04. The first-order chi connectivity index (χ1) is 14.9. The minimum atomic E-state index is -0.597. The maximum atomic E-state index is 13.4. The summed E-state index contributed by atoms with van der Waals surface area (Å²) in [5.41, 5.74) is 2.79. The Morgan fingerprint density at radius 2 is 1.58 bits per heavy atom. The van der Waals surface area contributed by atoms with Crippen LogP contribution in [-0.2, 0) is 4.79 Å². The Bertz CT molecular complexity index is 896. The van der Waals surface area contributed by atoms with Gasteiger partial charge in [0.1, 0.15) is 29.7 Å². The summed E-state index contributed by atoms with van der Waals surface area (Å²) >= 11 is 11.3. The maximum Gasteiger partial charge on any atom is 0.272 e. The number of rotatable bonds is 9. The summed E-state index contributed by atoms with van der Waals surface area (Å²) < 4.78 is 37.6. The highest BCUT2D eigenvalue weighted by Crippen LogP contribution is 2.21. The van der Waals surface area contributed by atoms with Crippen LogP contribution in [0.3, 0.4) is 0 Å². The lowest BCUT2D eigenvalue weighted by atomic mass is 10.1. The molecule has 3 rings (SSSR count). The van der Waals surface area contributed by atoms with Crippen molar-refractivity contribution in [2.24, 2.45) is 0 Å². The average molecular weight is 474 g/mol. The molecule has 0 unspecified atom stereocenters. The molecule has 10 heteroatoms. The van der Waals surface area contributed by atoms with E-state index in [4.69, 9.17) is 32.7 Å². The summed E-state index contributed by atoms with van der Waals surface area (Å²) in [7, 11) is 0. The van der Waals surface area contributed by atoms with Gasteiger partial charge in [0.2, 0.25) is 0 Å². The van der Waals surface area contributed by atoms with Crippen LogP contribution in [0, 0.1) is 11.6 Å². The third-order valence-electron chi connectivity index (χ3n) is 4.73. The number of piperidine rings is 1. The van der Waals surface area contributed by atoms with Gasteiger partial charge in [-0.1, -0.05) is 23.2 Å². The van der Waals surface area contributed by atoms with Gasteiger partial charge in [0.15, 0.2) is 6.61 Å². The highest BCUT2D eigenvalue weighted by atomic mass is 35.5. The fourth-order valence-electron chi connectivity index (χ4n) is 3.12. The van der Waals surface area contributed by atoms with Crippen LogP contribution >= 0.6 is 23.2 Å². The first-order valence-electron chi connectivity index (χ1n) is 9.84. The lowest BCUT2D eigenvalue weighted by molar-refractivity contribution is -0.128. The van der Waals surface area contributed by atoms with Crippen molar-refractivity contribution < 1.29 is 23.0 Å². The second kappa shape index (κ2) is 11.5. The summed E-state index contributed by atoms with van der Waals surface area (Å²) in [5.74, 6) is -0.745. The Labute approximate surface area is 189 Å². The molecule has 31 heavy (non-hydrogen) atoms. The molecule has 0 atom stereocenters. The molecule has 1 aliphatic heterocycles. The first-order valence-corrected chi connectivity index (χ1v) is 10.6. The third kappa shape index (κ3) is 7.50. The predicted octanol–water partition coefficient (Wildman–Crippen LogP) is 3.81. The number of hydrazine groups is 1. The van der Waals surface area contributed by atoms with Crippen molar-refractivity contribution in [3.63, 3.8) is 0 Å². The van der Waals surface area contributed by atoms with Gasteiger partial charge in [-0.05, 0) is 37.1 Å². The van der Waals surface area contributed by atoms with Crippen LogP contribution in [0.4, 0.5) is 8.78 Å². The molecule has 0 spiro atoms. The molecule has 0 bridgehead atoms. The van der Waals surface area contributed by atoms with Gasteiger partial charge >= 0.3 is 0 Å². The number of carbonyl (C=O) groups excluding carboxylic acids is 1. The van der Waals surface area contributed by atoms with Crippen molar-refractivity contribution >= 4 is 29.1 Å². The van der Waals surface area contributed by atoms with Gasteiger partial charge in [0, 0.05) is 37.8 Å². The van der Waals surface area contributed by atoms with E-state index in [0.29, 0.717) is 38.0 Å². The number of hydrogen-bond acceptors (Lipinski definition) is 5. The van der Waals surface area contributed by atoms with Gasteiger partial charge in [-0.2, -0.15) is 0 Å². The van der Waals surface area contributed by atoms with Crippen molar-refractivity contribution in [1.29, 1.82) is 0 Å². The molecule has 2 aromatic rings. The van der Waals surface area contributed by atoms with E-state index >= 15 is 0 Å². The first kappa shape index (κ1) is 23.5. The van der Waals surface area contributed by atoms with E-state index in [1.807, 2.05) is 5.01 Å². The maximum absolute atomic E-state index is 13.4. The van der Waals surface area contributed by atoms with Crippen molar-refractivity contribution in [1.82, 2.24) is 15.8 Å².